The van der Waals surface area contributed by atoms with Gasteiger partial charge in [-0.3, -0.25) is 4.79 Å². The number of unbranched alkanes of at least 4 members (excludes halogenated alkanes) is 2. The Kier molecular flexibility index (Phi) is 9.90. The second-order valence-corrected chi connectivity index (χ2v) is 11.5. The SMILES string of the molecule is CCCCc1nc2c(N)nc3ccccc3c2n1CCCC[N+](C)(C)CCOCCC(=O)OC(C)(C)C. The Hall–Kier alpha value is -2.71. The molecule has 0 fully saturated rings. The van der Waals surface area contributed by atoms with Gasteiger partial charge in [-0.05, 0) is 46.1 Å². The van der Waals surface area contributed by atoms with Crippen LogP contribution in [0.2, 0.25) is 0 Å². The summed E-state index contributed by atoms with van der Waals surface area (Å²) in [6, 6.07) is 8.19. The molecule has 3 aromatic rings. The minimum atomic E-state index is -0.452. The Bertz CT molecular complexity index is 1180. The summed E-state index contributed by atoms with van der Waals surface area (Å²) in [4.78, 5) is 21.4. The van der Waals surface area contributed by atoms with E-state index in [1.54, 1.807) is 0 Å². The van der Waals surface area contributed by atoms with Crippen LogP contribution in [0.5, 0.6) is 0 Å². The fourth-order valence-corrected chi connectivity index (χ4v) is 4.55. The van der Waals surface area contributed by atoms with Crippen LogP contribution in [0.3, 0.4) is 0 Å². The van der Waals surface area contributed by atoms with Crippen LogP contribution >= 0.6 is 0 Å². The average molecular weight is 513 g/mol. The highest BCUT2D eigenvalue weighted by atomic mass is 16.6. The summed E-state index contributed by atoms with van der Waals surface area (Å²) in [6.07, 6.45) is 5.62. The van der Waals surface area contributed by atoms with Crippen molar-refractivity contribution in [3.05, 3.63) is 30.1 Å². The van der Waals surface area contributed by atoms with E-state index in [4.69, 9.17) is 20.2 Å². The van der Waals surface area contributed by atoms with E-state index in [1.807, 2.05) is 32.9 Å². The van der Waals surface area contributed by atoms with Crippen LogP contribution in [-0.2, 0) is 27.2 Å². The molecule has 0 amide bonds. The van der Waals surface area contributed by atoms with Crippen molar-refractivity contribution in [2.45, 2.75) is 78.4 Å². The third-order valence-electron chi connectivity index (χ3n) is 6.55. The lowest BCUT2D eigenvalue weighted by molar-refractivity contribution is -0.891. The number of nitrogen functional groups attached to an aromatic ring is 1. The van der Waals surface area contributed by atoms with Gasteiger partial charge in [-0.25, -0.2) is 9.97 Å². The van der Waals surface area contributed by atoms with Gasteiger partial charge in [0, 0.05) is 18.4 Å². The van der Waals surface area contributed by atoms with Gasteiger partial charge in [-0.1, -0.05) is 31.5 Å². The van der Waals surface area contributed by atoms with Crippen LogP contribution in [0.25, 0.3) is 21.9 Å². The van der Waals surface area contributed by atoms with E-state index in [1.165, 1.54) is 0 Å². The maximum Gasteiger partial charge on any atom is 0.308 e. The van der Waals surface area contributed by atoms with Crippen LogP contribution < -0.4 is 5.73 Å². The number of hydrogen-bond acceptors (Lipinski definition) is 6. The topological polar surface area (TPSA) is 92.3 Å². The van der Waals surface area contributed by atoms with Crippen LogP contribution in [-0.4, -0.2) is 71.0 Å². The van der Waals surface area contributed by atoms with E-state index < -0.39 is 5.60 Å². The number of fused-ring (bicyclic) bond motifs is 3. The maximum absolute atomic E-state index is 11.8. The van der Waals surface area contributed by atoms with E-state index in [2.05, 4.69) is 42.7 Å². The number of imidazole rings is 1. The zero-order valence-corrected chi connectivity index (χ0v) is 23.7. The molecule has 0 atom stereocenters. The predicted octanol–water partition coefficient (Wildman–Crippen LogP) is 5.11. The number of esters is 1. The molecule has 0 radical (unpaired) electrons. The minimum Gasteiger partial charge on any atom is -0.460 e. The van der Waals surface area contributed by atoms with Gasteiger partial charge in [0.05, 0.1) is 51.3 Å². The number of para-hydroxylation sites is 1. The molecule has 2 N–H and O–H groups in total. The van der Waals surface area contributed by atoms with Gasteiger partial charge < -0.3 is 24.3 Å². The molecule has 0 unspecified atom stereocenters. The molecule has 0 aliphatic heterocycles. The van der Waals surface area contributed by atoms with Gasteiger partial charge in [0.1, 0.15) is 23.5 Å². The van der Waals surface area contributed by atoms with Crippen molar-refractivity contribution in [3.8, 4) is 0 Å². The highest BCUT2D eigenvalue weighted by molar-refractivity contribution is 6.06. The van der Waals surface area contributed by atoms with Crippen LogP contribution in [0.4, 0.5) is 5.82 Å². The number of aromatic nitrogens is 3. The maximum atomic E-state index is 11.8. The number of benzene rings is 1. The number of likely N-dealkylation sites (N-methyl/N-ethyl adjacent to an activating group) is 1. The van der Waals surface area contributed by atoms with Crippen molar-refractivity contribution in [1.82, 2.24) is 14.5 Å². The van der Waals surface area contributed by atoms with E-state index in [9.17, 15) is 4.79 Å². The monoisotopic (exact) mass is 512 g/mol. The largest absolute Gasteiger partial charge is 0.460 e. The summed E-state index contributed by atoms with van der Waals surface area (Å²) in [6.45, 7) is 11.7. The summed E-state index contributed by atoms with van der Waals surface area (Å²) < 4.78 is 14.3. The quantitative estimate of drug-likeness (QED) is 0.183. The third kappa shape index (κ3) is 8.40. The molecule has 2 heterocycles. The Morgan fingerprint density at radius 1 is 1.05 bits per heavy atom. The number of carbonyl (C=O) groups is 1. The van der Waals surface area contributed by atoms with Gasteiger partial charge in [0.15, 0.2) is 5.82 Å². The number of aryl methyl sites for hydroxylation is 2. The fraction of sp³-hybridized carbons (Fsp3) is 0.621. The summed E-state index contributed by atoms with van der Waals surface area (Å²) in [7, 11) is 4.47. The summed E-state index contributed by atoms with van der Waals surface area (Å²) in [5.41, 5.74) is 8.73. The first-order chi connectivity index (χ1) is 17.5. The van der Waals surface area contributed by atoms with Crippen molar-refractivity contribution in [2.75, 3.05) is 46.1 Å². The second kappa shape index (κ2) is 12.7. The lowest BCUT2D eigenvalue weighted by Gasteiger charge is -2.29. The summed E-state index contributed by atoms with van der Waals surface area (Å²) in [5, 5.41) is 1.11. The molecule has 0 bridgehead atoms. The van der Waals surface area contributed by atoms with E-state index >= 15 is 0 Å². The smallest absolute Gasteiger partial charge is 0.308 e. The highest BCUT2D eigenvalue weighted by Crippen LogP contribution is 2.29. The molecule has 8 nitrogen and oxygen atoms in total. The van der Waals surface area contributed by atoms with E-state index in [0.29, 0.717) is 25.5 Å². The number of pyridine rings is 1. The van der Waals surface area contributed by atoms with Gasteiger partial charge >= 0.3 is 5.97 Å². The van der Waals surface area contributed by atoms with Gasteiger partial charge in [0.25, 0.3) is 0 Å². The van der Waals surface area contributed by atoms with Gasteiger partial charge in [-0.2, -0.15) is 0 Å². The average Bonchev–Trinajstić information content (AvgIpc) is 3.18. The number of quaternary nitrogens is 1. The zero-order valence-electron chi connectivity index (χ0n) is 23.7. The second-order valence-electron chi connectivity index (χ2n) is 11.5. The molecule has 1 aromatic carbocycles. The fourth-order valence-electron chi connectivity index (χ4n) is 4.55. The Morgan fingerprint density at radius 3 is 2.54 bits per heavy atom. The number of rotatable bonds is 14. The standard InChI is InChI=1S/C29H46N5O3/c1-7-8-15-24-32-26-27(22-13-9-10-14-23(22)31-28(26)30)33(24)17-11-12-18-34(5,6)19-21-36-20-16-25(35)37-29(2,3)4/h9-10,13-14H,7-8,11-12,15-21H2,1-6H3,(H2,30,31)/q+1. The van der Waals surface area contributed by atoms with Crippen molar-refractivity contribution in [2.24, 2.45) is 0 Å². The number of ether oxygens (including phenoxy) is 2. The lowest BCUT2D eigenvalue weighted by atomic mass is 10.1. The van der Waals surface area contributed by atoms with Crippen molar-refractivity contribution in [1.29, 1.82) is 0 Å². The summed E-state index contributed by atoms with van der Waals surface area (Å²) in [5.74, 6) is 1.40. The first kappa shape index (κ1) is 28.9. The van der Waals surface area contributed by atoms with Crippen molar-refractivity contribution < 1.29 is 18.8 Å². The Labute approximate surface area is 221 Å². The molecule has 204 valence electrons. The van der Waals surface area contributed by atoms with E-state index in [0.717, 1.165) is 84.0 Å². The number of carbonyl (C=O) groups excluding carboxylic acids is 1. The number of anilines is 1. The highest BCUT2D eigenvalue weighted by Gasteiger charge is 2.19. The molecule has 0 saturated heterocycles. The molecule has 2 aromatic heterocycles. The van der Waals surface area contributed by atoms with E-state index in [-0.39, 0.29) is 5.97 Å². The Balaban J connectivity index is 1.55. The third-order valence-corrected chi connectivity index (χ3v) is 6.55. The molecular formula is C29H46N5O3+. The minimum absolute atomic E-state index is 0.211. The number of nitrogens with zero attached hydrogens (tertiary/aromatic N) is 4. The first-order valence-electron chi connectivity index (χ1n) is 13.7. The molecule has 0 spiro atoms. The normalized spacial score (nSPS) is 12.5. The predicted molar refractivity (Wildman–Crippen MR) is 150 cm³/mol. The lowest BCUT2D eigenvalue weighted by Crippen LogP contribution is -2.43. The van der Waals surface area contributed by atoms with Crippen LogP contribution in [0.15, 0.2) is 24.3 Å². The molecule has 37 heavy (non-hydrogen) atoms. The molecule has 3 rings (SSSR count). The zero-order chi connectivity index (χ0) is 27.1. The van der Waals surface area contributed by atoms with Gasteiger partial charge in [0.2, 0.25) is 0 Å². The molecule has 0 aliphatic carbocycles. The number of nitrogens with two attached hydrogens (primary N) is 1. The molecule has 0 aliphatic rings. The van der Waals surface area contributed by atoms with Crippen LogP contribution in [0, 0.1) is 0 Å². The molecule has 0 saturated carbocycles. The van der Waals surface area contributed by atoms with Gasteiger partial charge in [-0.15, -0.1) is 0 Å². The van der Waals surface area contributed by atoms with Crippen molar-refractivity contribution in [3.63, 3.8) is 0 Å². The first-order valence-corrected chi connectivity index (χ1v) is 13.7. The van der Waals surface area contributed by atoms with Crippen LogP contribution in [0.1, 0.15) is 65.6 Å². The summed E-state index contributed by atoms with van der Waals surface area (Å²) >= 11 is 0. The van der Waals surface area contributed by atoms with Crippen molar-refractivity contribution >= 4 is 33.7 Å². The Morgan fingerprint density at radius 2 is 1.81 bits per heavy atom. The molecular weight excluding hydrogens is 466 g/mol. The molecule has 8 heteroatoms. The number of hydrogen-bond donors (Lipinski definition) is 1.